The number of hydrogen-bond acceptors (Lipinski definition) is 0. The molecular weight excluding hydrogens is 398 g/mol. The minimum atomic E-state index is -11.1. The zero-order chi connectivity index (χ0) is 6.41. The Bertz CT molecular complexity index is 67.1. The van der Waals surface area contributed by atoms with Gasteiger partial charge in [0.25, 0.3) is 0 Å². The Morgan fingerprint density at radius 2 is 0.625 bits per heavy atom. The van der Waals surface area contributed by atoms with E-state index in [1.165, 1.54) is 0 Å². The third-order valence-corrected chi connectivity index (χ3v) is 0. The van der Waals surface area contributed by atoms with Crippen molar-refractivity contribution in [2.45, 2.75) is 0 Å². The first-order valence-electron chi connectivity index (χ1n) is 0.857. The largest absolute Gasteiger partial charge is 0 e. The predicted octanol–water partition coefficient (Wildman–Crippen LogP) is 2.52. The summed E-state index contributed by atoms with van der Waals surface area (Å²) in [5.74, 6) is 0. The Kier molecular flexibility index (Phi) is 2.16. The molecule has 0 N–H and O–H groups in total. The van der Waals surface area contributed by atoms with Crippen molar-refractivity contribution in [2.24, 2.45) is 0 Å². The maximum absolute atomic E-state index is 11.1. The van der Waals surface area contributed by atoms with E-state index in [-0.39, 0.29) is 20.4 Å². The smallest absolute Gasteiger partial charge is 0 e. The van der Waals surface area contributed by atoms with Crippen LogP contribution in [0.5, 0.6) is 0 Å². The Labute approximate surface area is 56.1 Å². The van der Waals surface area contributed by atoms with Crippen LogP contribution < -0.4 is 0 Å². The van der Waals surface area contributed by atoms with Crippen LogP contribution in [0.15, 0.2) is 0 Å². The normalized spacial score (nSPS) is 20.2. The van der Waals surface area contributed by atoms with Crippen LogP contribution in [-0.4, -0.2) is 0 Å². The van der Waals surface area contributed by atoms with Crippen LogP contribution in [-0.2, 0) is 36.3 Å². The number of hydrogen-bond donors (Lipinski definition) is 0. The molecule has 0 fully saturated rings. The molecule has 56 valence electrons. The Morgan fingerprint density at radius 3 is 0.625 bits per heavy atom. The molecule has 0 aromatic carbocycles. The van der Waals surface area contributed by atoms with Gasteiger partial charge in [0.1, 0.15) is 0 Å². The molecule has 0 aliphatic rings. The number of rotatable bonds is 0. The van der Waals surface area contributed by atoms with Crippen LogP contribution in [0.2, 0.25) is 0 Å². The second-order valence-corrected chi connectivity index (χ2v) is 4.79. The average molecular weight is 398 g/mol. The van der Waals surface area contributed by atoms with Crippen LogP contribution in [0.3, 0.4) is 0 Å². The van der Waals surface area contributed by atoms with Gasteiger partial charge in [0.15, 0.2) is 0 Å². The van der Waals surface area contributed by atoms with Crippen LogP contribution in [0.4, 0.5) is 19.5 Å². The maximum atomic E-state index is 9.91. The molecule has 0 heterocycles. The molecule has 0 amide bonds. The summed E-state index contributed by atoms with van der Waals surface area (Å²) in [5.41, 5.74) is 0. The van der Waals surface area contributed by atoms with Gasteiger partial charge < -0.3 is 0 Å². The maximum Gasteiger partial charge on any atom is 0 e. The van der Waals surface area contributed by atoms with Crippen molar-refractivity contribution in [3.05, 3.63) is 0 Å². The minimum Gasteiger partial charge on any atom is 0 e. The molecule has 0 saturated heterocycles. The summed E-state index contributed by atoms with van der Waals surface area (Å²) >= 11 is -11.1. The van der Waals surface area contributed by atoms with E-state index in [4.69, 9.17) is 0 Å². The molecular formula is F6ReTc. The summed E-state index contributed by atoms with van der Waals surface area (Å²) in [7, 11) is 0. The van der Waals surface area contributed by atoms with E-state index in [2.05, 4.69) is 0 Å². The average Bonchev–Trinajstić information content (AvgIpc) is 0.592. The monoisotopic (exact) mass is 398 g/mol. The van der Waals surface area contributed by atoms with Crippen molar-refractivity contribution in [1.82, 2.24) is 0 Å². The first-order valence-corrected chi connectivity index (χ1v) is 5.07. The van der Waals surface area contributed by atoms with Crippen molar-refractivity contribution >= 4 is 0 Å². The van der Waals surface area contributed by atoms with Gasteiger partial charge in [-0.15, -0.1) is 0 Å². The van der Waals surface area contributed by atoms with E-state index in [0.717, 1.165) is 0 Å². The van der Waals surface area contributed by atoms with Gasteiger partial charge in [0.05, 0.1) is 0 Å². The van der Waals surface area contributed by atoms with Crippen molar-refractivity contribution in [2.75, 3.05) is 0 Å². The molecule has 0 bridgehead atoms. The second-order valence-electron chi connectivity index (χ2n) is 0.810. The SMILES string of the molecule is [F][Tc]([F])([F])([F])([F])[F].[Re]. The van der Waals surface area contributed by atoms with Gasteiger partial charge in [-0.05, 0) is 0 Å². The first kappa shape index (κ1) is 11.7. The minimum absolute atomic E-state index is 0. The summed E-state index contributed by atoms with van der Waals surface area (Å²) in [6.07, 6.45) is 0. The molecule has 0 unspecified atom stereocenters. The number of halogens is 6. The van der Waals surface area contributed by atoms with Gasteiger partial charge in [-0.3, -0.25) is 0 Å². The van der Waals surface area contributed by atoms with Crippen LogP contribution >= 0.6 is 0 Å². The third-order valence-electron chi connectivity index (χ3n) is 0. The van der Waals surface area contributed by atoms with Gasteiger partial charge in [-0.1, -0.05) is 0 Å². The van der Waals surface area contributed by atoms with E-state index >= 15 is 0 Å². The van der Waals surface area contributed by atoms with E-state index in [1.807, 2.05) is 0 Å². The molecule has 0 nitrogen and oxygen atoms in total. The quantitative estimate of drug-likeness (QED) is 0.551. The predicted molar refractivity (Wildman–Crippen MR) is 6.65 cm³/mol. The third kappa shape index (κ3) is 301. The van der Waals surface area contributed by atoms with Gasteiger partial charge in [-0.2, -0.15) is 0 Å². The zero-order valence-electron chi connectivity index (χ0n) is 3.02. The van der Waals surface area contributed by atoms with E-state index in [0.29, 0.717) is 0 Å². The Morgan fingerprint density at radius 1 is 0.625 bits per heavy atom. The molecule has 0 rings (SSSR count). The molecule has 0 spiro atoms. The summed E-state index contributed by atoms with van der Waals surface area (Å²) < 4.78 is 59.5. The van der Waals surface area contributed by atoms with Gasteiger partial charge >= 0.3 is 35.4 Å². The van der Waals surface area contributed by atoms with E-state index in [9.17, 15) is 19.5 Å². The molecule has 0 aliphatic carbocycles. The van der Waals surface area contributed by atoms with Crippen molar-refractivity contribution < 1.29 is 55.9 Å². The summed E-state index contributed by atoms with van der Waals surface area (Å²) in [4.78, 5) is 0. The molecule has 1 radical (unpaired) electrons. The standard InChI is InChI=1S/6FH.Re.Tc/h6*1H;;/q;;;;;;;+6/p-6. The van der Waals surface area contributed by atoms with E-state index in [1.54, 1.807) is 0 Å². The van der Waals surface area contributed by atoms with Crippen LogP contribution in [0.1, 0.15) is 0 Å². The molecule has 0 saturated carbocycles. The van der Waals surface area contributed by atoms with Gasteiger partial charge in [0, 0.05) is 20.4 Å². The fraction of sp³-hybridized carbons (Fsp3) is 0. The van der Waals surface area contributed by atoms with Crippen molar-refractivity contribution in [1.29, 1.82) is 0 Å². The first-order chi connectivity index (χ1) is 2.45. The van der Waals surface area contributed by atoms with Crippen LogP contribution in [0.25, 0.3) is 0 Å². The topological polar surface area (TPSA) is 0 Å². The zero-order valence-corrected chi connectivity index (χ0v) is 7.60. The summed E-state index contributed by atoms with van der Waals surface area (Å²) in [6, 6.07) is 0. The van der Waals surface area contributed by atoms with Crippen LogP contribution in [0, 0.1) is 0 Å². The molecule has 8 heavy (non-hydrogen) atoms. The van der Waals surface area contributed by atoms with Gasteiger partial charge in [-0.25, -0.2) is 0 Å². The molecule has 8 heteroatoms. The fourth-order valence-electron chi connectivity index (χ4n) is 0. The molecule has 0 aliphatic heterocycles. The fourth-order valence-corrected chi connectivity index (χ4v) is 0. The second kappa shape index (κ2) is 1.48. The Hall–Kier alpha value is 0.892. The van der Waals surface area contributed by atoms with Crippen molar-refractivity contribution in [3.8, 4) is 0 Å². The summed E-state index contributed by atoms with van der Waals surface area (Å²) in [5, 5.41) is 0. The summed E-state index contributed by atoms with van der Waals surface area (Å²) in [6.45, 7) is 0. The van der Waals surface area contributed by atoms with Gasteiger partial charge in [0.2, 0.25) is 0 Å². The Balaban J connectivity index is 0. The molecule has 0 aromatic rings. The molecule has 0 atom stereocenters. The van der Waals surface area contributed by atoms with E-state index < -0.39 is 15.9 Å². The van der Waals surface area contributed by atoms with Crippen molar-refractivity contribution in [3.63, 3.8) is 0 Å². The molecule has 0 aromatic heterocycles.